The number of ether oxygens (including phenoxy) is 1. The van der Waals surface area contributed by atoms with Crippen molar-refractivity contribution < 1.29 is 19.1 Å². The molecule has 1 aliphatic rings. The van der Waals surface area contributed by atoms with Crippen molar-refractivity contribution >= 4 is 17.7 Å². The van der Waals surface area contributed by atoms with E-state index in [-0.39, 0.29) is 18.1 Å². The molecule has 120 valence electrons. The summed E-state index contributed by atoms with van der Waals surface area (Å²) in [5.41, 5.74) is 0.795. The van der Waals surface area contributed by atoms with E-state index in [4.69, 9.17) is 10.00 Å². The fourth-order valence-electron chi connectivity index (χ4n) is 2.76. The molecule has 0 aromatic heterocycles. The number of carbonyl (C=O) groups excluding carboxylic acids is 3. The Morgan fingerprint density at radius 1 is 1.35 bits per heavy atom. The maximum absolute atomic E-state index is 12.3. The van der Waals surface area contributed by atoms with Crippen LogP contribution in [0.5, 0.6) is 0 Å². The summed E-state index contributed by atoms with van der Waals surface area (Å²) < 4.78 is 4.77. The first-order chi connectivity index (χ1) is 11.0. The molecule has 2 atom stereocenters. The van der Waals surface area contributed by atoms with E-state index in [1.165, 1.54) is 31.4 Å². The van der Waals surface area contributed by atoms with Crippen LogP contribution in [0.15, 0.2) is 24.3 Å². The predicted octanol–water partition coefficient (Wildman–Crippen LogP) is 1.59. The number of nitriles is 1. The van der Waals surface area contributed by atoms with Gasteiger partial charge in [-0.25, -0.2) is 4.79 Å². The van der Waals surface area contributed by atoms with Crippen LogP contribution >= 0.6 is 0 Å². The van der Waals surface area contributed by atoms with Gasteiger partial charge in [0.2, 0.25) is 0 Å². The molecule has 23 heavy (non-hydrogen) atoms. The Morgan fingerprint density at radius 2 is 2.04 bits per heavy atom. The molecule has 0 heterocycles. The van der Waals surface area contributed by atoms with E-state index >= 15 is 0 Å². The average molecular weight is 314 g/mol. The van der Waals surface area contributed by atoms with Crippen LogP contribution in [-0.4, -0.2) is 30.8 Å². The van der Waals surface area contributed by atoms with Gasteiger partial charge in [0.15, 0.2) is 0 Å². The molecule has 6 heteroatoms. The van der Waals surface area contributed by atoms with Gasteiger partial charge in [-0.3, -0.25) is 9.59 Å². The Bertz CT molecular complexity index is 646. The highest BCUT2D eigenvalue weighted by molar-refractivity contribution is 5.97. The van der Waals surface area contributed by atoms with E-state index in [0.29, 0.717) is 30.4 Å². The van der Waals surface area contributed by atoms with Crippen LogP contribution in [0.25, 0.3) is 0 Å². The second kappa shape index (κ2) is 7.54. The monoisotopic (exact) mass is 314 g/mol. The van der Waals surface area contributed by atoms with E-state index in [1.807, 2.05) is 6.07 Å². The SMILES string of the molecule is COC(=O)[C@H](NC(=O)c1ccc(C#N)cc1)[C@H]1CCCC(=O)C1. The summed E-state index contributed by atoms with van der Waals surface area (Å²) in [6.45, 7) is 0. The zero-order valence-corrected chi connectivity index (χ0v) is 12.9. The third-order valence-corrected chi connectivity index (χ3v) is 4.01. The first kappa shape index (κ1) is 16.7. The highest BCUT2D eigenvalue weighted by Crippen LogP contribution is 2.25. The van der Waals surface area contributed by atoms with Gasteiger partial charge in [-0.1, -0.05) is 0 Å². The summed E-state index contributed by atoms with van der Waals surface area (Å²) >= 11 is 0. The summed E-state index contributed by atoms with van der Waals surface area (Å²) in [6.07, 6.45) is 2.20. The maximum Gasteiger partial charge on any atom is 0.328 e. The van der Waals surface area contributed by atoms with Gasteiger partial charge < -0.3 is 10.1 Å². The van der Waals surface area contributed by atoms with Crippen LogP contribution in [0.1, 0.15) is 41.6 Å². The van der Waals surface area contributed by atoms with Crippen LogP contribution in [0.3, 0.4) is 0 Å². The van der Waals surface area contributed by atoms with Crippen molar-refractivity contribution in [1.82, 2.24) is 5.32 Å². The summed E-state index contributed by atoms with van der Waals surface area (Å²) in [6, 6.07) is 7.25. The van der Waals surface area contributed by atoms with Gasteiger partial charge in [0, 0.05) is 18.4 Å². The molecule has 6 nitrogen and oxygen atoms in total. The van der Waals surface area contributed by atoms with E-state index in [1.54, 1.807) is 0 Å². The van der Waals surface area contributed by atoms with Crippen molar-refractivity contribution in [2.24, 2.45) is 5.92 Å². The lowest BCUT2D eigenvalue weighted by Crippen LogP contribution is -2.48. The van der Waals surface area contributed by atoms with Gasteiger partial charge in [0.1, 0.15) is 11.8 Å². The van der Waals surface area contributed by atoms with Crippen LogP contribution in [0.4, 0.5) is 0 Å². The number of hydrogen-bond donors (Lipinski definition) is 1. The molecule has 0 saturated heterocycles. The summed E-state index contributed by atoms with van der Waals surface area (Å²) in [5, 5.41) is 11.4. The normalized spacial score (nSPS) is 18.6. The molecular formula is C17H18N2O4. The maximum atomic E-state index is 12.3. The number of amides is 1. The quantitative estimate of drug-likeness (QED) is 0.851. The fraction of sp³-hybridized carbons (Fsp3) is 0.412. The van der Waals surface area contributed by atoms with Crippen LogP contribution in [0.2, 0.25) is 0 Å². The van der Waals surface area contributed by atoms with E-state index in [0.717, 1.165) is 0 Å². The number of nitrogens with one attached hydrogen (secondary N) is 1. The van der Waals surface area contributed by atoms with Gasteiger partial charge in [-0.05, 0) is 43.0 Å². The molecule has 1 aliphatic carbocycles. The summed E-state index contributed by atoms with van der Waals surface area (Å²) in [7, 11) is 1.26. The van der Waals surface area contributed by atoms with Crippen molar-refractivity contribution in [3.8, 4) is 6.07 Å². The smallest absolute Gasteiger partial charge is 0.328 e. The molecule has 1 aromatic rings. The summed E-state index contributed by atoms with van der Waals surface area (Å²) in [5.74, 6) is -1.12. The Balaban J connectivity index is 2.13. The lowest BCUT2D eigenvalue weighted by Gasteiger charge is -2.28. The number of rotatable bonds is 4. The number of hydrogen-bond acceptors (Lipinski definition) is 5. The molecule has 1 fully saturated rings. The fourth-order valence-corrected chi connectivity index (χ4v) is 2.76. The van der Waals surface area contributed by atoms with Gasteiger partial charge >= 0.3 is 5.97 Å². The second-order valence-corrected chi connectivity index (χ2v) is 5.56. The molecule has 1 amide bonds. The van der Waals surface area contributed by atoms with Crippen LogP contribution in [-0.2, 0) is 14.3 Å². The van der Waals surface area contributed by atoms with Crippen molar-refractivity contribution in [2.75, 3.05) is 7.11 Å². The molecule has 1 saturated carbocycles. The highest BCUT2D eigenvalue weighted by atomic mass is 16.5. The van der Waals surface area contributed by atoms with E-state index < -0.39 is 17.9 Å². The Labute approximate surface area is 134 Å². The number of ketones is 1. The van der Waals surface area contributed by atoms with Crippen molar-refractivity contribution in [3.05, 3.63) is 35.4 Å². The zero-order valence-electron chi connectivity index (χ0n) is 12.9. The summed E-state index contributed by atoms with van der Waals surface area (Å²) in [4.78, 5) is 35.9. The predicted molar refractivity (Wildman–Crippen MR) is 81.4 cm³/mol. The molecule has 0 aliphatic heterocycles. The third kappa shape index (κ3) is 4.16. The van der Waals surface area contributed by atoms with Crippen LogP contribution < -0.4 is 5.32 Å². The first-order valence-electron chi connectivity index (χ1n) is 7.45. The third-order valence-electron chi connectivity index (χ3n) is 4.01. The molecule has 0 spiro atoms. The first-order valence-corrected chi connectivity index (χ1v) is 7.45. The Kier molecular flexibility index (Phi) is 5.47. The minimum Gasteiger partial charge on any atom is -0.467 e. The lowest BCUT2D eigenvalue weighted by atomic mass is 9.83. The van der Waals surface area contributed by atoms with E-state index in [2.05, 4.69) is 5.32 Å². The Morgan fingerprint density at radius 3 is 2.61 bits per heavy atom. The van der Waals surface area contributed by atoms with E-state index in [9.17, 15) is 14.4 Å². The van der Waals surface area contributed by atoms with Gasteiger partial charge in [-0.2, -0.15) is 5.26 Å². The van der Waals surface area contributed by atoms with Gasteiger partial charge in [-0.15, -0.1) is 0 Å². The highest BCUT2D eigenvalue weighted by Gasteiger charge is 2.34. The molecular weight excluding hydrogens is 296 g/mol. The molecule has 2 rings (SSSR count). The number of carbonyl (C=O) groups is 3. The topological polar surface area (TPSA) is 96.3 Å². The van der Waals surface area contributed by atoms with Crippen molar-refractivity contribution in [3.63, 3.8) is 0 Å². The largest absolute Gasteiger partial charge is 0.467 e. The Hall–Kier alpha value is -2.68. The second-order valence-electron chi connectivity index (χ2n) is 5.56. The van der Waals surface area contributed by atoms with Crippen molar-refractivity contribution in [2.45, 2.75) is 31.7 Å². The lowest BCUT2D eigenvalue weighted by molar-refractivity contribution is -0.145. The van der Waals surface area contributed by atoms with Gasteiger partial charge in [0.05, 0.1) is 18.7 Å². The minimum absolute atomic E-state index is 0.0998. The number of Topliss-reactive ketones (excluding diaryl/α,β-unsaturated/α-hetero) is 1. The number of esters is 1. The number of methoxy groups -OCH3 is 1. The standard InChI is InChI=1S/C17H18N2O4/c1-23-17(22)15(13-3-2-4-14(20)9-13)19-16(21)12-7-5-11(10-18)6-8-12/h5-8,13,15H,2-4,9H2,1H3,(H,19,21)/t13-,15+/m0/s1. The van der Waals surface area contributed by atoms with Crippen LogP contribution in [0, 0.1) is 17.2 Å². The molecule has 0 radical (unpaired) electrons. The zero-order chi connectivity index (χ0) is 16.8. The molecule has 1 N–H and O–H groups in total. The average Bonchev–Trinajstić information content (AvgIpc) is 2.58. The molecule has 1 aromatic carbocycles. The molecule has 0 bridgehead atoms. The molecule has 0 unspecified atom stereocenters. The minimum atomic E-state index is -0.840. The van der Waals surface area contributed by atoms with Crippen molar-refractivity contribution in [1.29, 1.82) is 5.26 Å². The van der Waals surface area contributed by atoms with Gasteiger partial charge in [0.25, 0.3) is 5.91 Å². The number of benzene rings is 1. The number of nitrogens with zero attached hydrogens (tertiary/aromatic N) is 1.